The van der Waals surface area contributed by atoms with E-state index in [1.807, 2.05) is 30.0 Å². The zero-order chi connectivity index (χ0) is 26.5. The number of aryl methyl sites for hydroxylation is 2. The van der Waals surface area contributed by atoms with Crippen molar-refractivity contribution in [2.24, 2.45) is 0 Å². The number of thioether (sulfide) groups is 1. The monoisotopic (exact) mass is 537 g/mol. The summed E-state index contributed by atoms with van der Waals surface area (Å²) in [4.78, 5) is 33.4. The Morgan fingerprint density at radius 1 is 1.16 bits per heavy atom. The van der Waals surface area contributed by atoms with E-state index in [4.69, 9.17) is 10.7 Å². The summed E-state index contributed by atoms with van der Waals surface area (Å²) >= 11 is 1.93. The van der Waals surface area contributed by atoms with Gasteiger partial charge in [-0.15, -0.1) is 0 Å². The Bertz CT molecular complexity index is 1290. The summed E-state index contributed by atoms with van der Waals surface area (Å²) in [5, 5.41) is 10.6. The van der Waals surface area contributed by atoms with Crippen LogP contribution in [0.3, 0.4) is 0 Å². The predicted molar refractivity (Wildman–Crippen MR) is 154 cm³/mol. The maximum atomic E-state index is 12.4. The van der Waals surface area contributed by atoms with Crippen LogP contribution in [-0.4, -0.2) is 56.1 Å². The minimum atomic E-state index is -0.0439. The van der Waals surface area contributed by atoms with Gasteiger partial charge in [0.25, 0.3) is 0 Å². The number of pyridine rings is 1. The molecular weight excluding hydrogens is 498 g/mol. The fourth-order valence-corrected chi connectivity index (χ4v) is 7.20. The van der Waals surface area contributed by atoms with Crippen LogP contribution >= 0.6 is 11.8 Å². The van der Waals surface area contributed by atoms with Crippen LogP contribution in [-0.2, 0) is 17.8 Å². The number of carbonyl (C=O) groups excluding carboxylic acids is 2. The zero-order valence-electron chi connectivity index (χ0n) is 22.2. The number of nitrogens with two attached hydrogens (primary N) is 1. The molecule has 3 aromatic rings. The fourth-order valence-electron chi connectivity index (χ4n) is 5.66. The molecular formula is C28H39N7O2S. The van der Waals surface area contributed by atoms with Crippen LogP contribution in [0.2, 0.25) is 0 Å². The number of anilines is 1. The maximum Gasteiger partial charge on any atom is 0.315 e. The van der Waals surface area contributed by atoms with Crippen LogP contribution in [0.25, 0.3) is 21.9 Å². The number of amides is 3. The third-order valence-corrected chi connectivity index (χ3v) is 9.16. The van der Waals surface area contributed by atoms with Crippen LogP contribution in [0, 0.1) is 0 Å². The van der Waals surface area contributed by atoms with E-state index in [0.29, 0.717) is 24.0 Å². The first kappa shape index (κ1) is 26.6. The molecule has 3 atom stereocenters. The van der Waals surface area contributed by atoms with Gasteiger partial charge in [-0.2, -0.15) is 11.8 Å². The average molecular weight is 538 g/mol. The number of nitrogens with zero attached hydrogens (tertiary/aromatic N) is 3. The molecule has 38 heavy (non-hydrogen) atoms. The van der Waals surface area contributed by atoms with Crippen molar-refractivity contribution in [1.29, 1.82) is 0 Å². The average Bonchev–Trinajstić information content (AvgIpc) is 3.58. The summed E-state index contributed by atoms with van der Waals surface area (Å²) in [6, 6.07) is 8.56. The molecule has 0 spiro atoms. The molecule has 204 valence electrons. The quantitative estimate of drug-likeness (QED) is 0.192. The molecule has 0 radical (unpaired) electrons. The number of hydrogen-bond donors (Lipinski definition) is 4. The van der Waals surface area contributed by atoms with Crippen LogP contribution in [0.1, 0.15) is 64.1 Å². The van der Waals surface area contributed by atoms with Gasteiger partial charge >= 0.3 is 6.03 Å². The van der Waals surface area contributed by atoms with Crippen LogP contribution < -0.4 is 21.7 Å². The molecule has 0 aliphatic carbocycles. The lowest BCUT2D eigenvalue weighted by molar-refractivity contribution is -0.121. The molecule has 0 saturated carbocycles. The highest BCUT2D eigenvalue weighted by Gasteiger charge is 2.42. The highest BCUT2D eigenvalue weighted by molar-refractivity contribution is 8.00. The highest BCUT2D eigenvalue weighted by Crippen LogP contribution is 2.33. The molecule has 0 bridgehead atoms. The summed E-state index contributed by atoms with van der Waals surface area (Å²) < 4.78 is 2.32. The number of carbonyl (C=O) groups is 2. The molecule has 2 aliphatic rings. The van der Waals surface area contributed by atoms with Crippen molar-refractivity contribution in [1.82, 2.24) is 30.5 Å². The molecule has 4 heterocycles. The molecule has 2 saturated heterocycles. The molecule has 2 aromatic heterocycles. The Morgan fingerprint density at radius 2 is 2.03 bits per heavy atom. The van der Waals surface area contributed by atoms with Crippen LogP contribution in [0.5, 0.6) is 0 Å². The number of fused-ring (bicyclic) bond motifs is 4. The van der Waals surface area contributed by atoms with E-state index in [-0.39, 0.29) is 24.0 Å². The number of benzene rings is 1. The lowest BCUT2D eigenvalue weighted by Crippen LogP contribution is -2.36. The van der Waals surface area contributed by atoms with Crippen LogP contribution in [0.4, 0.5) is 10.6 Å². The number of para-hydroxylation sites is 1. The number of unbranched alkanes of at least 4 members (excludes halogenated alkanes) is 3. The molecule has 5 rings (SSSR count). The third-order valence-electron chi connectivity index (χ3n) is 7.65. The van der Waals surface area contributed by atoms with Crippen molar-refractivity contribution in [3.63, 3.8) is 0 Å². The van der Waals surface area contributed by atoms with E-state index < -0.39 is 0 Å². The van der Waals surface area contributed by atoms with Gasteiger partial charge in [0.05, 0.1) is 23.1 Å². The molecule has 3 amide bonds. The van der Waals surface area contributed by atoms with E-state index >= 15 is 0 Å². The zero-order valence-corrected chi connectivity index (χ0v) is 23.0. The van der Waals surface area contributed by atoms with E-state index in [1.54, 1.807) is 0 Å². The Kier molecular flexibility index (Phi) is 8.56. The highest BCUT2D eigenvalue weighted by atomic mass is 32.2. The van der Waals surface area contributed by atoms with Crippen LogP contribution in [0.15, 0.2) is 24.3 Å². The first-order valence-electron chi connectivity index (χ1n) is 14.0. The van der Waals surface area contributed by atoms with Gasteiger partial charge in [0, 0.05) is 42.3 Å². The second-order valence-electron chi connectivity index (χ2n) is 10.4. The van der Waals surface area contributed by atoms with Gasteiger partial charge in [-0.1, -0.05) is 38.0 Å². The van der Waals surface area contributed by atoms with Crippen molar-refractivity contribution in [2.75, 3.05) is 18.0 Å². The van der Waals surface area contributed by atoms with Gasteiger partial charge in [-0.25, -0.2) is 14.8 Å². The molecule has 10 heteroatoms. The number of hydrogen-bond acceptors (Lipinski definition) is 6. The normalized spacial score (nSPS) is 20.6. The largest absolute Gasteiger partial charge is 0.382 e. The van der Waals surface area contributed by atoms with E-state index in [9.17, 15) is 9.59 Å². The molecule has 2 aliphatic heterocycles. The number of urea groups is 1. The third kappa shape index (κ3) is 5.85. The maximum absolute atomic E-state index is 12.4. The molecule has 9 nitrogen and oxygen atoms in total. The standard InChI is InChI=1S/C28H39N7O2S/c1-2-3-13-22-33-25-26(18-10-4-5-11-19(18)31-27(25)29)35(22)16-9-8-15-30-23(36)14-7-6-12-21-24-20(17-38-21)32-28(37)34-24/h4-5,10-11,20-21,24H,2-3,6-9,12-17H2,1H3,(H2,29,31)(H,30,36)(H2,32,34,37). The molecule has 1 aromatic carbocycles. The Morgan fingerprint density at radius 3 is 2.89 bits per heavy atom. The molecule has 5 N–H and O–H groups in total. The van der Waals surface area contributed by atoms with E-state index in [1.165, 1.54) is 0 Å². The summed E-state index contributed by atoms with van der Waals surface area (Å²) in [5.41, 5.74) is 9.06. The van der Waals surface area contributed by atoms with Crippen molar-refractivity contribution in [2.45, 2.75) is 88.6 Å². The number of nitrogen functional groups attached to an aromatic ring is 1. The van der Waals surface area contributed by atoms with Crippen molar-refractivity contribution < 1.29 is 9.59 Å². The fraction of sp³-hybridized carbons (Fsp3) is 0.571. The Balaban J connectivity index is 1.08. The summed E-state index contributed by atoms with van der Waals surface area (Å²) in [7, 11) is 0. The molecule has 3 unspecified atom stereocenters. The Labute approximate surface area is 228 Å². The summed E-state index contributed by atoms with van der Waals surface area (Å²) in [5.74, 6) is 2.65. The Hall–Kier alpha value is -3.01. The lowest BCUT2D eigenvalue weighted by atomic mass is 10.0. The van der Waals surface area contributed by atoms with Gasteiger partial charge in [0.15, 0.2) is 5.82 Å². The molecule has 2 fully saturated rings. The van der Waals surface area contributed by atoms with Gasteiger partial charge < -0.3 is 26.3 Å². The van der Waals surface area contributed by atoms with Gasteiger partial charge in [-0.3, -0.25) is 4.79 Å². The van der Waals surface area contributed by atoms with Crippen molar-refractivity contribution in [3.8, 4) is 0 Å². The van der Waals surface area contributed by atoms with Crippen molar-refractivity contribution >= 4 is 51.5 Å². The van der Waals surface area contributed by atoms with E-state index in [0.717, 1.165) is 91.4 Å². The van der Waals surface area contributed by atoms with Gasteiger partial charge in [0.1, 0.15) is 11.3 Å². The van der Waals surface area contributed by atoms with Crippen molar-refractivity contribution in [3.05, 3.63) is 30.1 Å². The predicted octanol–water partition coefficient (Wildman–Crippen LogP) is 4.13. The first-order chi connectivity index (χ1) is 18.5. The van der Waals surface area contributed by atoms with E-state index in [2.05, 4.69) is 38.5 Å². The lowest BCUT2D eigenvalue weighted by Gasteiger charge is -2.16. The second-order valence-corrected chi connectivity index (χ2v) is 11.7. The topological polar surface area (TPSA) is 127 Å². The number of aromatic nitrogens is 3. The second kappa shape index (κ2) is 12.2. The number of nitrogens with one attached hydrogen (secondary N) is 3. The first-order valence-corrected chi connectivity index (χ1v) is 15.1. The smallest absolute Gasteiger partial charge is 0.315 e. The summed E-state index contributed by atoms with van der Waals surface area (Å²) in [6.07, 6.45) is 8.44. The number of rotatable bonds is 13. The number of imidazole rings is 1. The minimum absolute atomic E-state index is 0.0439. The summed E-state index contributed by atoms with van der Waals surface area (Å²) in [6.45, 7) is 3.71. The van der Waals surface area contributed by atoms with Gasteiger partial charge in [-0.05, 0) is 38.2 Å². The minimum Gasteiger partial charge on any atom is -0.382 e. The SMILES string of the molecule is CCCCc1nc2c(N)nc3ccccc3c2n1CCCCNC(=O)CCCCC1SCC2NC(=O)NC21. The van der Waals surface area contributed by atoms with Gasteiger partial charge in [0.2, 0.25) is 5.91 Å².